The Bertz CT molecular complexity index is 711. The van der Waals surface area contributed by atoms with Gasteiger partial charge in [0, 0.05) is 12.6 Å². The van der Waals surface area contributed by atoms with E-state index < -0.39 is 0 Å². The Balaban J connectivity index is 2.21. The number of methoxy groups -OCH3 is 2. The molecule has 0 heterocycles. The highest BCUT2D eigenvalue weighted by Crippen LogP contribution is 2.30. The largest absolute Gasteiger partial charge is 0.493 e. The Morgan fingerprint density at radius 2 is 1.64 bits per heavy atom. The second-order valence-corrected chi connectivity index (χ2v) is 6.41. The van der Waals surface area contributed by atoms with Crippen LogP contribution in [0.5, 0.6) is 11.5 Å². The monoisotopic (exact) mass is 341 g/mol. The molecule has 0 aromatic heterocycles. The van der Waals surface area contributed by atoms with Crippen LogP contribution in [0.4, 0.5) is 0 Å². The molecule has 0 atom stereocenters. The molecule has 0 N–H and O–H groups in total. The summed E-state index contributed by atoms with van der Waals surface area (Å²) < 4.78 is 10.7. The standard InChI is InChI=1S/C21H27NO3/c1-15(2)22(14-17-9-7-6-8-10-17)21(23)13-18-12-20(25-5)19(24-4)11-16(18)3/h6-12,15H,13-14H2,1-5H3. The molecule has 0 unspecified atom stereocenters. The first-order valence-corrected chi connectivity index (χ1v) is 8.51. The van der Waals surface area contributed by atoms with Gasteiger partial charge in [-0.2, -0.15) is 0 Å². The van der Waals surface area contributed by atoms with Gasteiger partial charge in [-0.3, -0.25) is 4.79 Å². The van der Waals surface area contributed by atoms with E-state index >= 15 is 0 Å². The lowest BCUT2D eigenvalue weighted by molar-refractivity contribution is -0.132. The van der Waals surface area contributed by atoms with E-state index in [1.807, 2.05) is 68.1 Å². The van der Waals surface area contributed by atoms with Gasteiger partial charge in [0.2, 0.25) is 5.91 Å². The van der Waals surface area contributed by atoms with E-state index in [0.717, 1.165) is 16.7 Å². The predicted molar refractivity (Wildman–Crippen MR) is 100 cm³/mol. The average molecular weight is 341 g/mol. The van der Waals surface area contributed by atoms with Crippen molar-refractivity contribution in [1.82, 2.24) is 4.90 Å². The predicted octanol–water partition coefficient (Wildman–Crippen LogP) is 3.99. The summed E-state index contributed by atoms with van der Waals surface area (Å²) in [5.41, 5.74) is 3.12. The van der Waals surface area contributed by atoms with Gasteiger partial charge in [-0.05, 0) is 49.6 Å². The SMILES string of the molecule is COc1cc(C)c(CC(=O)N(Cc2ccccc2)C(C)C)cc1OC. The molecule has 1 amide bonds. The number of nitrogens with zero attached hydrogens (tertiary/aromatic N) is 1. The third-order valence-corrected chi connectivity index (χ3v) is 4.32. The fraction of sp³-hybridized carbons (Fsp3) is 0.381. The smallest absolute Gasteiger partial charge is 0.227 e. The number of ether oxygens (including phenoxy) is 2. The molecule has 0 spiro atoms. The summed E-state index contributed by atoms with van der Waals surface area (Å²) in [6.45, 7) is 6.69. The number of amides is 1. The van der Waals surface area contributed by atoms with Crippen LogP contribution in [0.3, 0.4) is 0 Å². The highest BCUT2D eigenvalue weighted by atomic mass is 16.5. The fourth-order valence-corrected chi connectivity index (χ4v) is 2.82. The highest BCUT2D eigenvalue weighted by Gasteiger charge is 2.19. The van der Waals surface area contributed by atoms with Crippen molar-refractivity contribution < 1.29 is 14.3 Å². The molecule has 2 aromatic carbocycles. The summed E-state index contributed by atoms with van der Waals surface area (Å²) >= 11 is 0. The van der Waals surface area contributed by atoms with Gasteiger partial charge in [-0.15, -0.1) is 0 Å². The first-order chi connectivity index (χ1) is 12.0. The van der Waals surface area contributed by atoms with Crippen molar-refractivity contribution in [2.75, 3.05) is 14.2 Å². The van der Waals surface area contributed by atoms with Gasteiger partial charge in [0.25, 0.3) is 0 Å². The highest BCUT2D eigenvalue weighted by molar-refractivity contribution is 5.79. The van der Waals surface area contributed by atoms with Crippen LogP contribution in [-0.2, 0) is 17.8 Å². The topological polar surface area (TPSA) is 38.8 Å². The van der Waals surface area contributed by atoms with Crippen LogP contribution in [0.25, 0.3) is 0 Å². The van der Waals surface area contributed by atoms with Gasteiger partial charge >= 0.3 is 0 Å². The molecule has 0 aliphatic heterocycles. The zero-order valence-electron chi connectivity index (χ0n) is 15.7. The number of carbonyl (C=O) groups excluding carboxylic acids is 1. The van der Waals surface area contributed by atoms with Crippen molar-refractivity contribution in [3.63, 3.8) is 0 Å². The molecule has 0 saturated heterocycles. The summed E-state index contributed by atoms with van der Waals surface area (Å²) in [6, 6.07) is 14.0. The van der Waals surface area contributed by atoms with Crippen molar-refractivity contribution in [2.45, 2.75) is 39.8 Å². The zero-order chi connectivity index (χ0) is 18.4. The van der Waals surface area contributed by atoms with Crippen LogP contribution in [-0.4, -0.2) is 31.1 Å². The van der Waals surface area contributed by atoms with E-state index in [-0.39, 0.29) is 11.9 Å². The average Bonchev–Trinajstić information content (AvgIpc) is 2.61. The van der Waals surface area contributed by atoms with Crippen LogP contribution in [0, 0.1) is 6.92 Å². The maximum atomic E-state index is 12.9. The fourth-order valence-electron chi connectivity index (χ4n) is 2.82. The van der Waals surface area contributed by atoms with Crippen LogP contribution in [0.1, 0.15) is 30.5 Å². The van der Waals surface area contributed by atoms with Gasteiger partial charge in [0.05, 0.1) is 20.6 Å². The third kappa shape index (κ3) is 4.75. The Kier molecular flexibility index (Phi) is 6.45. The Morgan fingerprint density at radius 1 is 1.04 bits per heavy atom. The lowest BCUT2D eigenvalue weighted by Crippen LogP contribution is -2.37. The molecule has 2 aromatic rings. The first-order valence-electron chi connectivity index (χ1n) is 8.51. The van der Waals surface area contributed by atoms with Gasteiger partial charge < -0.3 is 14.4 Å². The van der Waals surface area contributed by atoms with E-state index in [4.69, 9.17) is 9.47 Å². The van der Waals surface area contributed by atoms with E-state index in [1.54, 1.807) is 14.2 Å². The minimum atomic E-state index is 0.106. The summed E-state index contributed by atoms with van der Waals surface area (Å²) in [4.78, 5) is 14.8. The molecule has 134 valence electrons. The molecule has 0 radical (unpaired) electrons. The number of benzene rings is 2. The molecular weight excluding hydrogens is 314 g/mol. The molecule has 25 heavy (non-hydrogen) atoms. The van der Waals surface area contributed by atoms with Gasteiger partial charge in [-0.25, -0.2) is 0 Å². The van der Waals surface area contributed by atoms with Crippen molar-refractivity contribution >= 4 is 5.91 Å². The molecule has 4 nitrogen and oxygen atoms in total. The normalized spacial score (nSPS) is 10.6. The van der Waals surface area contributed by atoms with Gasteiger partial charge in [-0.1, -0.05) is 30.3 Å². The second-order valence-electron chi connectivity index (χ2n) is 6.41. The first kappa shape index (κ1) is 18.8. The molecule has 2 rings (SSSR count). The minimum absolute atomic E-state index is 0.106. The van der Waals surface area contributed by atoms with E-state index in [2.05, 4.69) is 0 Å². The summed E-state index contributed by atoms with van der Waals surface area (Å²) in [5.74, 6) is 1.44. The quantitative estimate of drug-likeness (QED) is 0.764. The van der Waals surface area contributed by atoms with Crippen LogP contribution in [0.2, 0.25) is 0 Å². The number of carbonyl (C=O) groups is 1. The molecule has 0 aliphatic rings. The Morgan fingerprint density at radius 3 is 2.20 bits per heavy atom. The van der Waals surface area contributed by atoms with E-state index in [0.29, 0.717) is 24.5 Å². The summed E-state index contributed by atoms with van der Waals surface area (Å²) in [6.07, 6.45) is 0.344. The number of hydrogen-bond acceptors (Lipinski definition) is 3. The van der Waals surface area contributed by atoms with Gasteiger partial charge in [0.15, 0.2) is 11.5 Å². The molecule has 4 heteroatoms. The van der Waals surface area contributed by atoms with Crippen molar-refractivity contribution in [2.24, 2.45) is 0 Å². The summed E-state index contributed by atoms with van der Waals surface area (Å²) in [5, 5.41) is 0. The van der Waals surface area contributed by atoms with Crippen LogP contribution in [0.15, 0.2) is 42.5 Å². The van der Waals surface area contributed by atoms with E-state index in [9.17, 15) is 4.79 Å². The van der Waals surface area contributed by atoms with Crippen LogP contribution >= 0.6 is 0 Å². The second kappa shape index (κ2) is 8.56. The Labute approximate surface area is 150 Å². The molecular formula is C21H27NO3. The summed E-state index contributed by atoms with van der Waals surface area (Å²) in [7, 11) is 3.22. The molecule has 0 fully saturated rings. The lowest BCUT2D eigenvalue weighted by Gasteiger charge is -2.27. The van der Waals surface area contributed by atoms with E-state index in [1.165, 1.54) is 0 Å². The molecule has 0 bridgehead atoms. The number of rotatable bonds is 7. The third-order valence-electron chi connectivity index (χ3n) is 4.32. The van der Waals surface area contributed by atoms with Crippen molar-refractivity contribution in [3.05, 3.63) is 59.2 Å². The van der Waals surface area contributed by atoms with Crippen molar-refractivity contribution in [1.29, 1.82) is 0 Å². The van der Waals surface area contributed by atoms with Gasteiger partial charge in [0.1, 0.15) is 0 Å². The number of hydrogen-bond donors (Lipinski definition) is 0. The molecule has 0 saturated carbocycles. The molecule has 0 aliphatic carbocycles. The lowest BCUT2D eigenvalue weighted by atomic mass is 10.0. The number of aryl methyl sites for hydroxylation is 1. The van der Waals surface area contributed by atoms with Crippen molar-refractivity contribution in [3.8, 4) is 11.5 Å². The minimum Gasteiger partial charge on any atom is -0.493 e. The maximum Gasteiger partial charge on any atom is 0.227 e. The zero-order valence-corrected chi connectivity index (χ0v) is 15.7. The van der Waals surface area contributed by atoms with Crippen LogP contribution < -0.4 is 9.47 Å². The Hall–Kier alpha value is -2.49. The maximum absolute atomic E-state index is 12.9.